The lowest BCUT2D eigenvalue weighted by Gasteiger charge is -1.86. The molecule has 4 heteroatoms. The Morgan fingerprint density at radius 3 is 3.09 bits per heavy atom. The number of rotatable bonds is 0. The normalized spacial score (nSPS) is 10.6. The first-order valence-electron chi connectivity index (χ1n) is 3.04. The van der Waals surface area contributed by atoms with Gasteiger partial charge in [0, 0.05) is 4.47 Å². The number of fused-ring (bicyclic) bond motifs is 1. The van der Waals surface area contributed by atoms with Crippen molar-refractivity contribution in [1.29, 1.82) is 0 Å². The first-order valence-corrected chi connectivity index (χ1v) is 4.65. The van der Waals surface area contributed by atoms with Gasteiger partial charge in [0.1, 0.15) is 0 Å². The highest BCUT2D eigenvalue weighted by Crippen LogP contribution is 2.19. The van der Waals surface area contributed by atoms with Crippen molar-refractivity contribution in [2.75, 3.05) is 0 Å². The first-order chi connectivity index (χ1) is 5.27. The Kier molecular flexibility index (Phi) is 1.58. The van der Waals surface area contributed by atoms with Crippen LogP contribution in [0.3, 0.4) is 0 Å². The van der Waals surface area contributed by atoms with Crippen molar-refractivity contribution in [3.63, 3.8) is 0 Å². The number of benzene rings is 1. The van der Waals surface area contributed by atoms with Gasteiger partial charge in [-0.1, -0.05) is 27.5 Å². The third kappa shape index (κ3) is 1.12. The molecule has 0 unspecified atom stereocenters. The highest BCUT2D eigenvalue weighted by molar-refractivity contribution is 9.10. The number of aromatic amines is 1. The molecule has 0 atom stereocenters. The maximum atomic E-state index is 11.0. The summed E-state index contributed by atoms with van der Waals surface area (Å²) in [5.41, 5.74) is -0.00231. The van der Waals surface area contributed by atoms with Gasteiger partial charge in [0.05, 0.1) is 10.1 Å². The van der Waals surface area contributed by atoms with Crippen LogP contribution in [0.4, 0.5) is 0 Å². The number of aromatic nitrogens is 1. The Balaban J connectivity index is 2.97. The molecule has 2 nitrogen and oxygen atoms in total. The van der Waals surface area contributed by atoms with Crippen LogP contribution in [0.25, 0.3) is 10.1 Å². The quantitative estimate of drug-likeness (QED) is 0.740. The third-order valence-electron chi connectivity index (χ3n) is 1.44. The molecule has 0 spiro atoms. The fourth-order valence-electron chi connectivity index (χ4n) is 0.925. The predicted octanol–water partition coefficient (Wildman–Crippen LogP) is 2.35. The summed E-state index contributed by atoms with van der Waals surface area (Å²) in [6.45, 7) is 0. The van der Waals surface area contributed by atoms with Gasteiger partial charge in [-0.05, 0) is 18.2 Å². The van der Waals surface area contributed by atoms with Crippen molar-refractivity contribution in [3.8, 4) is 0 Å². The molecule has 1 aromatic heterocycles. The molecule has 0 radical (unpaired) electrons. The second-order valence-electron chi connectivity index (χ2n) is 2.17. The van der Waals surface area contributed by atoms with E-state index in [0.29, 0.717) is 0 Å². The van der Waals surface area contributed by atoms with Crippen LogP contribution in [-0.2, 0) is 0 Å². The fourth-order valence-corrected chi connectivity index (χ4v) is 2.21. The molecule has 0 fully saturated rings. The molecule has 0 aliphatic rings. The second kappa shape index (κ2) is 2.46. The minimum Gasteiger partial charge on any atom is -0.277 e. The van der Waals surface area contributed by atoms with Gasteiger partial charge in [-0.3, -0.25) is 9.17 Å². The highest BCUT2D eigenvalue weighted by atomic mass is 79.9. The van der Waals surface area contributed by atoms with Crippen molar-refractivity contribution in [3.05, 3.63) is 33.0 Å². The Morgan fingerprint density at radius 1 is 1.45 bits per heavy atom. The summed E-state index contributed by atoms with van der Waals surface area (Å²) < 4.78 is 4.66. The van der Waals surface area contributed by atoms with Gasteiger partial charge in [0.2, 0.25) is 0 Å². The molecule has 1 N–H and O–H groups in total. The van der Waals surface area contributed by atoms with Crippen molar-refractivity contribution >= 4 is 37.5 Å². The van der Waals surface area contributed by atoms with Crippen molar-refractivity contribution < 1.29 is 0 Å². The molecule has 0 amide bonds. The average molecular weight is 230 g/mol. The topological polar surface area (TPSA) is 32.9 Å². The van der Waals surface area contributed by atoms with E-state index in [1.807, 2.05) is 18.2 Å². The largest absolute Gasteiger partial charge is 0.277 e. The maximum Gasteiger partial charge on any atom is 0.265 e. The van der Waals surface area contributed by atoms with Crippen LogP contribution in [0.5, 0.6) is 0 Å². The van der Waals surface area contributed by atoms with Gasteiger partial charge in [-0.25, -0.2) is 0 Å². The molecule has 0 aliphatic heterocycles. The summed E-state index contributed by atoms with van der Waals surface area (Å²) in [4.78, 5) is 11.0. The van der Waals surface area contributed by atoms with E-state index in [4.69, 9.17) is 0 Å². The van der Waals surface area contributed by atoms with E-state index < -0.39 is 0 Å². The Bertz CT molecular complexity index is 445. The zero-order valence-electron chi connectivity index (χ0n) is 5.43. The SMILES string of the molecule is O=c1[nH]sc2cc(Br)ccc12. The highest BCUT2D eigenvalue weighted by Gasteiger charge is 1.99. The molecule has 0 aliphatic carbocycles. The van der Waals surface area contributed by atoms with Crippen LogP contribution in [0.2, 0.25) is 0 Å². The first kappa shape index (κ1) is 7.06. The molecule has 2 rings (SSSR count). The van der Waals surface area contributed by atoms with Crippen LogP contribution < -0.4 is 5.56 Å². The Morgan fingerprint density at radius 2 is 2.27 bits per heavy atom. The molecule has 0 saturated carbocycles. The summed E-state index contributed by atoms with van der Waals surface area (Å²) in [5, 5.41) is 0.762. The van der Waals surface area contributed by atoms with Crippen LogP contribution in [0, 0.1) is 0 Å². The van der Waals surface area contributed by atoms with Crippen LogP contribution in [0.15, 0.2) is 27.5 Å². The van der Waals surface area contributed by atoms with Gasteiger partial charge in [-0.15, -0.1) is 0 Å². The fraction of sp³-hybridized carbons (Fsp3) is 0. The lowest BCUT2D eigenvalue weighted by atomic mass is 10.3. The van der Waals surface area contributed by atoms with E-state index in [-0.39, 0.29) is 5.56 Å². The van der Waals surface area contributed by atoms with Gasteiger partial charge >= 0.3 is 0 Å². The number of hydrogen-bond donors (Lipinski definition) is 1. The summed E-state index contributed by atoms with van der Waals surface area (Å²) in [6, 6.07) is 5.61. The molecule has 1 heterocycles. The van der Waals surface area contributed by atoms with Gasteiger partial charge < -0.3 is 0 Å². The Hall–Kier alpha value is -0.610. The Labute approximate surface area is 75.1 Å². The van der Waals surface area contributed by atoms with E-state index in [1.165, 1.54) is 11.5 Å². The zero-order valence-corrected chi connectivity index (χ0v) is 7.83. The van der Waals surface area contributed by atoms with Crippen LogP contribution in [-0.4, -0.2) is 4.37 Å². The minimum atomic E-state index is -0.00231. The molecule has 0 saturated heterocycles. The van der Waals surface area contributed by atoms with Gasteiger partial charge in [0.15, 0.2) is 0 Å². The predicted molar refractivity (Wildman–Crippen MR) is 50.1 cm³/mol. The van der Waals surface area contributed by atoms with E-state index in [0.717, 1.165) is 14.6 Å². The van der Waals surface area contributed by atoms with Gasteiger partial charge in [-0.2, -0.15) is 0 Å². The zero-order chi connectivity index (χ0) is 7.84. The van der Waals surface area contributed by atoms with Crippen molar-refractivity contribution in [2.24, 2.45) is 0 Å². The second-order valence-corrected chi connectivity index (χ2v) is 3.94. The molecular weight excluding hydrogens is 226 g/mol. The number of halogens is 1. The molecule has 2 aromatic rings. The summed E-state index contributed by atoms with van der Waals surface area (Å²) in [6.07, 6.45) is 0. The van der Waals surface area contributed by atoms with Gasteiger partial charge in [0.25, 0.3) is 5.56 Å². The number of nitrogens with one attached hydrogen (secondary N) is 1. The van der Waals surface area contributed by atoms with Crippen molar-refractivity contribution in [2.45, 2.75) is 0 Å². The molecule has 0 bridgehead atoms. The van der Waals surface area contributed by atoms with E-state index in [1.54, 1.807) is 0 Å². The molecular formula is C7H4BrNOS. The van der Waals surface area contributed by atoms with E-state index >= 15 is 0 Å². The van der Waals surface area contributed by atoms with Crippen LogP contribution in [0.1, 0.15) is 0 Å². The monoisotopic (exact) mass is 229 g/mol. The minimum absolute atomic E-state index is 0.00231. The summed E-state index contributed by atoms with van der Waals surface area (Å²) in [7, 11) is 0. The average Bonchev–Trinajstić information content (AvgIpc) is 2.32. The van der Waals surface area contributed by atoms with Crippen LogP contribution >= 0.6 is 27.5 Å². The molecule has 56 valence electrons. The lowest BCUT2D eigenvalue weighted by molar-refractivity contribution is 1.46. The van der Waals surface area contributed by atoms with Crippen molar-refractivity contribution in [1.82, 2.24) is 4.37 Å². The van der Waals surface area contributed by atoms with E-state index in [2.05, 4.69) is 20.3 Å². The smallest absolute Gasteiger partial charge is 0.265 e. The standard InChI is InChI=1S/C7H4BrNOS/c8-4-1-2-5-6(3-4)11-9-7(5)10/h1-3H,(H,9,10). The lowest BCUT2D eigenvalue weighted by Crippen LogP contribution is -1.95. The number of H-pyrrole nitrogens is 1. The summed E-state index contributed by atoms with van der Waals surface area (Å²) in [5.74, 6) is 0. The molecule has 11 heavy (non-hydrogen) atoms. The maximum absolute atomic E-state index is 11.0. The summed E-state index contributed by atoms with van der Waals surface area (Å²) >= 11 is 4.69. The third-order valence-corrected chi connectivity index (χ3v) is 2.78. The van der Waals surface area contributed by atoms with E-state index in [9.17, 15) is 4.79 Å². The molecule has 1 aromatic carbocycles. The number of hydrogen-bond acceptors (Lipinski definition) is 2.